The highest BCUT2D eigenvalue weighted by Crippen LogP contribution is 2.32. The summed E-state index contributed by atoms with van der Waals surface area (Å²) in [7, 11) is 0. The van der Waals surface area contributed by atoms with Crippen LogP contribution in [0, 0.1) is 0 Å². The van der Waals surface area contributed by atoms with Crippen LogP contribution in [0.2, 0.25) is 0 Å². The first-order valence-corrected chi connectivity index (χ1v) is 10.7. The van der Waals surface area contributed by atoms with Crippen LogP contribution < -0.4 is 15.4 Å². The number of fused-ring (bicyclic) bond motifs is 2. The Morgan fingerprint density at radius 2 is 1.97 bits per heavy atom. The standard InChI is InChI=1S/C24H24N4O4/c1-15(16-6-7-21-20(12-16)27-23(29)14-32-21)25-22-13-18(17-4-2-3-5-19(17)26-22)24(30)28-8-10-31-11-9-28/h2-7,12-13,15H,8-11,14H2,1H3,(H,25,26)(H,27,29). The minimum absolute atomic E-state index is 0.0174. The third kappa shape index (κ3) is 3.97. The van der Waals surface area contributed by atoms with Gasteiger partial charge in [0.2, 0.25) is 0 Å². The molecule has 1 fully saturated rings. The highest BCUT2D eigenvalue weighted by atomic mass is 16.5. The van der Waals surface area contributed by atoms with Crippen molar-refractivity contribution in [3.8, 4) is 5.75 Å². The van der Waals surface area contributed by atoms with Crippen LogP contribution in [-0.4, -0.2) is 54.6 Å². The lowest BCUT2D eigenvalue weighted by Gasteiger charge is -2.27. The highest BCUT2D eigenvalue weighted by molar-refractivity contribution is 6.07. The van der Waals surface area contributed by atoms with Crippen LogP contribution in [0.4, 0.5) is 11.5 Å². The predicted octanol–water partition coefficient (Wildman–Crippen LogP) is 3.21. The van der Waals surface area contributed by atoms with Gasteiger partial charge in [0.25, 0.3) is 11.8 Å². The number of benzene rings is 2. The SMILES string of the molecule is CC(Nc1cc(C(=O)N2CCOCC2)c2ccccc2n1)c1ccc2c(c1)NC(=O)CO2. The Morgan fingerprint density at radius 1 is 1.16 bits per heavy atom. The third-order valence-corrected chi connectivity index (χ3v) is 5.75. The first-order valence-electron chi connectivity index (χ1n) is 10.7. The predicted molar refractivity (Wildman–Crippen MR) is 121 cm³/mol. The number of pyridine rings is 1. The van der Waals surface area contributed by atoms with Crippen molar-refractivity contribution in [1.29, 1.82) is 0 Å². The molecule has 3 aromatic rings. The Balaban J connectivity index is 1.45. The average Bonchev–Trinajstić information content (AvgIpc) is 2.83. The molecule has 164 valence electrons. The van der Waals surface area contributed by atoms with Crippen molar-refractivity contribution in [2.24, 2.45) is 0 Å². The lowest BCUT2D eigenvalue weighted by atomic mass is 10.0. The van der Waals surface area contributed by atoms with Gasteiger partial charge in [0.05, 0.1) is 36.0 Å². The smallest absolute Gasteiger partial charge is 0.262 e. The number of rotatable bonds is 4. The molecule has 5 rings (SSSR count). The molecular weight excluding hydrogens is 408 g/mol. The number of carbonyl (C=O) groups is 2. The average molecular weight is 432 g/mol. The summed E-state index contributed by atoms with van der Waals surface area (Å²) in [6.07, 6.45) is 0. The van der Waals surface area contributed by atoms with Crippen molar-refractivity contribution < 1.29 is 19.1 Å². The number of carbonyl (C=O) groups excluding carboxylic acids is 2. The van der Waals surface area contributed by atoms with E-state index in [2.05, 4.69) is 10.6 Å². The Bertz CT molecular complexity index is 1190. The number of anilines is 2. The molecule has 2 aliphatic rings. The fraction of sp³-hybridized carbons (Fsp3) is 0.292. The van der Waals surface area contributed by atoms with Crippen LogP contribution >= 0.6 is 0 Å². The van der Waals surface area contributed by atoms with Gasteiger partial charge in [-0.15, -0.1) is 0 Å². The molecule has 0 radical (unpaired) electrons. The number of aromatic nitrogens is 1. The number of nitrogens with one attached hydrogen (secondary N) is 2. The van der Waals surface area contributed by atoms with E-state index in [1.165, 1.54) is 0 Å². The first kappa shape index (κ1) is 20.3. The molecule has 0 aliphatic carbocycles. The van der Waals surface area contributed by atoms with E-state index in [0.717, 1.165) is 16.5 Å². The normalized spacial score (nSPS) is 16.7. The maximum absolute atomic E-state index is 13.3. The molecule has 1 saturated heterocycles. The number of para-hydroxylation sites is 1. The van der Waals surface area contributed by atoms with E-state index < -0.39 is 0 Å². The Morgan fingerprint density at radius 3 is 2.81 bits per heavy atom. The van der Waals surface area contributed by atoms with E-state index in [1.54, 1.807) is 0 Å². The van der Waals surface area contributed by atoms with Gasteiger partial charge in [-0.25, -0.2) is 4.98 Å². The summed E-state index contributed by atoms with van der Waals surface area (Å²) in [6.45, 7) is 4.30. The zero-order chi connectivity index (χ0) is 22.1. The van der Waals surface area contributed by atoms with Gasteiger partial charge in [-0.1, -0.05) is 24.3 Å². The molecule has 2 aliphatic heterocycles. The number of ether oxygens (including phenoxy) is 2. The van der Waals surface area contributed by atoms with Crippen molar-refractivity contribution in [2.45, 2.75) is 13.0 Å². The molecule has 2 aromatic carbocycles. The molecule has 0 saturated carbocycles. The summed E-state index contributed by atoms with van der Waals surface area (Å²) < 4.78 is 10.8. The van der Waals surface area contributed by atoms with Crippen LogP contribution in [0.5, 0.6) is 5.75 Å². The van der Waals surface area contributed by atoms with Gasteiger partial charge in [0, 0.05) is 18.5 Å². The van der Waals surface area contributed by atoms with Crippen molar-refractivity contribution in [2.75, 3.05) is 43.5 Å². The Hall–Kier alpha value is -3.65. The Kier molecular flexibility index (Phi) is 5.36. The highest BCUT2D eigenvalue weighted by Gasteiger charge is 2.22. The quantitative estimate of drug-likeness (QED) is 0.658. The van der Waals surface area contributed by atoms with Crippen molar-refractivity contribution in [3.05, 3.63) is 59.7 Å². The van der Waals surface area contributed by atoms with Crippen LogP contribution in [0.15, 0.2) is 48.5 Å². The molecule has 1 aromatic heterocycles. The maximum atomic E-state index is 13.3. The lowest BCUT2D eigenvalue weighted by Crippen LogP contribution is -2.40. The fourth-order valence-electron chi connectivity index (χ4n) is 4.04. The largest absolute Gasteiger partial charge is 0.482 e. The van der Waals surface area contributed by atoms with Gasteiger partial charge >= 0.3 is 0 Å². The summed E-state index contributed by atoms with van der Waals surface area (Å²) >= 11 is 0. The van der Waals surface area contributed by atoms with Crippen molar-refractivity contribution in [3.63, 3.8) is 0 Å². The van der Waals surface area contributed by atoms with Crippen LogP contribution in [-0.2, 0) is 9.53 Å². The summed E-state index contributed by atoms with van der Waals surface area (Å²) in [4.78, 5) is 31.5. The molecule has 2 N–H and O–H groups in total. The molecule has 1 unspecified atom stereocenters. The third-order valence-electron chi connectivity index (χ3n) is 5.75. The minimum Gasteiger partial charge on any atom is -0.482 e. The molecule has 2 amide bonds. The minimum atomic E-state index is -0.169. The van der Waals surface area contributed by atoms with E-state index in [0.29, 0.717) is 49.1 Å². The van der Waals surface area contributed by atoms with E-state index in [4.69, 9.17) is 14.5 Å². The second-order valence-electron chi connectivity index (χ2n) is 7.94. The van der Waals surface area contributed by atoms with E-state index >= 15 is 0 Å². The summed E-state index contributed by atoms with van der Waals surface area (Å²) in [5, 5.41) is 7.07. The van der Waals surface area contributed by atoms with E-state index in [9.17, 15) is 9.59 Å². The maximum Gasteiger partial charge on any atom is 0.262 e. The zero-order valence-corrected chi connectivity index (χ0v) is 17.8. The molecule has 0 bridgehead atoms. The second kappa shape index (κ2) is 8.47. The molecular formula is C24H24N4O4. The Labute approximate surface area is 185 Å². The number of nitrogens with zero attached hydrogens (tertiary/aromatic N) is 2. The number of hydrogen-bond acceptors (Lipinski definition) is 6. The monoisotopic (exact) mass is 432 g/mol. The molecule has 1 atom stereocenters. The molecule has 8 nitrogen and oxygen atoms in total. The van der Waals surface area contributed by atoms with Gasteiger partial charge < -0.3 is 25.0 Å². The second-order valence-corrected chi connectivity index (χ2v) is 7.94. The van der Waals surface area contributed by atoms with E-state index in [-0.39, 0.29) is 24.5 Å². The van der Waals surface area contributed by atoms with Gasteiger partial charge in [0.15, 0.2) is 6.61 Å². The molecule has 0 spiro atoms. The number of amides is 2. The van der Waals surface area contributed by atoms with Crippen molar-refractivity contribution >= 4 is 34.2 Å². The van der Waals surface area contributed by atoms with Crippen LogP contribution in [0.1, 0.15) is 28.9 Å². The molecule has 8 heteroatoms. The lowest BCUT2D eigenvalue weighted by molar-refractivity contribution is -0.118. The van der Waals surface area contributed by atoms with E-state index in [1.807, 2.05) is 60.4 Å². The topological polar surface area (TPSA) is 92.8 Å². The van der Waals surface area contributed by atoms with Gasteiger partial charge in [-0.05, 0) is 36.8 Å². The first-order chi connectivity index (χ1) is 15.6. The number of morpholine rings is 1. The van der Waals surface area contributed by atoms with Gasteiger partial charge in [-0.3, -0.25) is 9.59 Å². The van der Waals surface area contributed by atoms with Crippen LogP contribution in [0.25, 0.3) is 10.9 Å². The molecule has 3 heterocycles. The van der Waals surface area contributed by atoms with Gasteiger partial charge in [0.1, 0.15) is 11.6 Å². The summed E-state index contributed by atoms with van der Waals surface area (Å²) in [5.74, 6) is 1.09. The molecule has 32 heavy (non-hydrogen) atoms. The summed E-state index contributed by atoms with van der Waals surface area (Å²) in [6, 6.07) is 15.1. The number of hydrogen-bond donors (Lipinski definition) is 2. The fourth-order valence-corrected chi connectivity index (χ4v) is 4.04. The summed E-state index contributed by atoms with van der Waals surface area (Å²) in [5.41, 5.74) is 3.00. The van der Waals surface area contributed by atoms with Crippen LogP contribution in [0.3, 0.4) is 0 Å². The zero-order valence-electron chi connectivity index (χ0n) is 17.8. The van der Waals surface area contributed by atoms with Gasteiger partial charge in [-0.2, -0.15) is 0 Å². The van der Waals surface area contributed by atoms with Crippen molar-refractivity contribution in [1.82, 2.24) is 9.88 Å².